The molecule has 0 aliphatic rings. The summed E-state index contributed by atoms with van der Waals surface area (Å²) in [6, 6.07) is 24.1. The van der Waals surface area contributed by atoms with Crippen LogP contribution in [0.4, 0.5) is 0 Å². The molecule has 1 N–H and O–H groups in total. The number of methoxy groups -OCH3 is 1. The van der Waals surface area contributed by atoms with Crippen molar-refractivity contribution >= 4 is 11.8 Å². The van der Waals surface area contributed by atoms with Crippen molar-refractivity contribution in [2.75, 3.05) is 13.7 Å². The first-order valence-corrected chi connectivity index (χ1v) is 12.4. The van der Waals surface area contributed by atoms with Crippen LogP contribution in [0.5, 0.6) is 11.5 Å². The summed E-state index contributed by atoms with van der Waals surface area (Å²) in [6.45, 7) is 6.13. The van der Waals surface area contributed by atoms with E-state index in [1.165, 1.54) is 0 Å². The molecule has 0 saturated heterocycles. The Morgan fingerprint density at radius 3 is 2.19 bits per heavy atom. The number of rotatable bonds is 12. The summed E-state index contributed by atoms with van der Waals surface area (Å²) in [7, 11) is 1.60. The van der Waals surface area contributed by atoms with Gasteiger partial charge in [0.1, 0.15) is 17.5 Å². The molecular formula is C30H36N2O4. The summed E-state index contributed by atoms with van der Waals surface area (Å²) in [5.41, 5.74) is 3.04. The number of ether oxygens (including phenoxy) is 2. The summed E-state index contributed by atoms with van der Waals surface area (Å²) >= 11 is 0. The molecule has 0 radical (unpaired) electrons. The van der Waals surface area contributed by atoms with Crippen molar-refractivity contribution in [2.24, 2.45) is 0 Å². The zero-order chi connectivity index (χ0) is 25.9. The molecule has 2 amide bonds. The van der Waals surface area contributed by atoms with E-state index in [9.17, 15) is 9.59 Å². The first-order chi connectivity index (χ1) is 17.4. The van der Waals surface area contributed by atoms with Gasteiger partial charge >= 0.3 is 0 Å². The maximum Gasteiger partial charge on any atom is 0.261 e. The quantitative estimate of drug-likeness (QED) is 0.392. The molecule has 3 aromatic rings. The average molecular weight is 489 g/mol. The van der Waals surface area contributed by atoms with Crippen molar-refractivity contribution in [2.45, 2.75) is 52.2 Å². The highest BCUT2D eigenvalue weighted by atomic mass is 16.5. The van der Waals surface area contributed by atoms with E-state index in [4.69, 9.17) is 9.47 Å². The van der Waals surface area contributed by atoms with Crippen LogP contribution in [-0.2, 0) is 22.6 Å². The summed E-state index contributed by atoms with van der Waals surface area (Å²) in [5.74, 6) is 0.844. The van der Waals surface area contributed by atoms with E-state index in [0.29, 0.717) is 24.5 Å². The highest BCUT2D eigenvalue weighted by molar-refractivity contribution is 5.88. The first kappa shape index (κ1) is 26.8. The Bertz CT molecular complexity index is 1120. The van der Waals surface area contributed by atoms with Gasteiger partial charge in [0.05, 0.1) is 7.11 Å². The van der Waals surface area contributed by atoms with Gasteiger partial charge in [-0.1, -0.05) is 61.5 Å². The molecule has 2 atom stereocenters. The number of hydrogen-bond acceptors (Lipinski definition) is 4. The lowest BCUT2D eigenvalue weighted by atomic mass is 10.0. The predicted octanol–water partition coefficient (Wildman–Crippen LogP) is 4.94. The minimum Gasteiger partial charge on any atom is -0.497 e. The van der Waals surface area contributed by atoms with Gasteiger partial charge in [0, 0.05) is 19.0 Å². The number of nitrogens with zero attached hydrogens (tertiary/aromatic N) is 1. The van der Waals surface area contributed by atoms with Gasteiger partial charge in [-0.15, -0.1) is 0 Å². The summed E-state index contributed by atoms with van der Waals surface area (Å²) in [6.07, 6.45) is 1.21. The van der Waals surface area contributed by atoms with Crippen molar-refractivity contribution < 1.29 is 19.1 Å². The highest BCUT2D eigenvalue weighted by Gasteiger charge is 2.31. The molecule has 190 valence electrons. The van der Waals surface area contributed by atoms with Gasteiger partial charge in [-0.05, 0) is 61.2 Å². The second kappa shape index (κ2) is 13.3. The predicted molar refractivity (Wildman–Crippen MR) is 142 cm³/mol. The summed E-state index contributed by atoms with van der Waals surface area (Å²) in [4.78, 5) is 28.8. The second-order valence-corrected chi connectivity index (χ2v) is 8.94. The minimum atomic E-state index is -0.687. The van der Waals surface area contributed by atoms with Gasteiger partial charge in [-0.3, -0.25) is 9.59 Å². The van der Waals surface area contributed by atoms with Crippen LogP contribution >= 0.6 is 0 Å². The number of hydrogen-bond donors (Lipinski definition) is 1. The van der Waals surface area contributed by atoms with Gasteiger partial charge in [-0.25, -0.2) is 0 Å². The monoisotopic (exact) mass is 488 g/mol. The molecule has 6 nitrogen and oxygen atoms in total. The zero-order valence-corrected chi connectivity index (χ0v) is 21.6. The van der Waals surface area contributed by atoms with Gasteiger partial charge < -0.3 is 19.7 Å². The number of aryl methyl sites for hydroxylation is 1. The van der Waals surface area contributed by atoms with Crippen LogP contribution in [0, 0.1) is 6.92 Å². The van der Waals surface area contributed by atoms with Crippen LogP contribution in [0.1, 0.15) is 37.0 Å². The van der Waals surface area contributed by atoms with E-state index in [1.54, 1.807) is 36.3 Å². The molecule has 36 heavy (non-hydrogen) atoms. The number of amides is 2. The second-order valence-electron chi connectivity index (χ2n) is 8.94. The fourth-order valence-corrected chi connectivity index (χ4v) is 3.87. The van der Waals surface area contributed by atoms with Crippen LogP contribution in [-0.4, -0.2) is 42.5 Å². The average Bonchev–Trinajstić information content (AvgIpc) is 2.91. The molecule has 0 aliphatic carbocycles. The molecule has 0 aromatic heterocycles. The van der Waals surface area contributed by atoms with E-state index < -0.39 is 6.04 Å². The summed E-state index contributed by atoms with van der Waals surface area (Å²) < 4.78 is 11.0. The van der Waals surface area contributed by atoms with Crippen LogP contribution in [0.3, 0.4) is 0 Å². The smallest absolute Gasteiger partial charge is 0.261 e. The van der Waals surface area contributed by atoms with Crippen LogP contribution in [0.2, 0.25) is 0 Å². The Morgan fingerprint density at radius 2 is 1.56 bits per heavy atom. The van der Waals surface area contributed by atoms with Crippen LogP contribution in [0.15, 0.2) is 78.9 Å². The molecule has 0 fully saturated rings. The van der Waals surface area contributed by atoms with E-state index in [0.717, 1.165) is 23.1 Å². The van der Waals surface area contributed by atoms with Gasteiger partial charge in [0.2, 0.25) is 5.91 Å². The minimum absolute atomic E-state index is 0.00161. The maximum absolute atomic E-state index is 13.6. The fourth-order valence-electron chi connectivity index (χ4n) is 3.87. The Balaban J connectivity index is 1.90. The molecule has 0 saturated carbocycles. The number of carbonyl (C=O) groups excluding carboxylic acids is 2. The lowest BCUT2D eigenvalue weighted by molar-refractivity contribution is -0.143. The summed E-state index contributed by atoms with van der Waals surface area (Å²) in [5, 5.41) is 3.08. The van der Waals surface area contributed by atoms with Crippen LogP contribution < -0.4 is 14.8 Å². The van der Waals surface area contributed by atoms with E-state index >= 15 is 0 Å². The number of nitrogens with one attached hydrogen (secondary N) is 1. The molecule has 2 unspecified atom stereocenters. The third-order valence-corrected chi connectivity index (χ3v) is 6.30. The molecule has 0 heterocycles. The molecule has 0 aliphatic heterocycles. The molecular weight excluding hydrogens is 452 g/mol. The van der Waals surface area contributed by atoms with Crippen molar-refractivity contribution in [3.8, 4) is 11.5 Å². The zero-order valence-electron chi connectivity index (χ0n) is 21.6. The van der Waals surface area contributed by atoms with Crippen molar-refractivity contribution in [1.82, 2.24) is 10.2 Å². The topological polar surface area (TPSA) is 67.9 Å². The first-order valence-electron chi connectivity index (χ1n) is 12.4. The molecule has 3 rings (SSSR count). The SMILES string of the molecule is CCC(C)NC(=O)C(Cc1ccccc1)N(Cc1ccccc1C)C(=O)COc1ccc(OC)cc1. The van der Waals surface area contributed by atoms with Crippen molar-refractivity contribution in [3.05, 3.63) is 95.6 Å². The molecule has 0 bridgehead atoms. The van der Waals surface area contributed by atoms with Crippen LogP contribution in [0.25, 0.3) is 0 Å². The Morgan fingerprint density at radius 1 is 0.917 bits per heavy atom. The molecule has 3 aromatic carbocycles. The van der Waals surface area contributed by atoms with E-state index in [2.05, 4.69) is 5.32 Å². The Hall–Kier alpha value is -3.80. The molecule has 0 spiro atoms. The lowest BCUT2D eigenvalue weighted by Gasteiger charge is -2.32. The fraction of sp³-hybridized carbons (Fsp3) is 0.333. The van der Waals surface area contributed by atoms with E-state index in [1.807, 2.05) is 75.4 Å². The Kier molecular flexibility index (Phi) is 9.92. The van der Waals surface area contributed by atoms with Gasteiger partial charge in [0.15, 0.2) is 6.61 Å². The highest BCUT2D eigenvalue weighted by Crippen LogP contribution is 2.20. The third kappa shape index (κ3) is 7.60. The Labute approximate surface area is 214 Å². The largest absolute Gasteiger partial charge is 0.497 e. The van der Waals surface area contributed by atoms with E-state index in [-0.39, 0.29) is 24.5 Å². The molecule has 6 heteroatoms. The third-order valence-electron chi connectivity index (χ3n) is 6.30. The standard InChI is InChI=1S/C30H36N2O4/c1-5-23(3)31-30(34)28(19-24-12-7-6-8-13-24)32(20-25-14-10-9-11-22(25)2)29(33)21-36-27-17-15-26(35-4)16-18-27/h6-18,23,28H,5,19-21H2,1-4H3,(H,31,34). The number of benzene rings is 3. The van der Waals surface area contributed by atoms with Crippen molar-refractivity contribution in [3.63, 3.8) is 0 Å². The van der Waals surface area contributed by atoms with Gasteiger partial charge in [-0.2, -0.15) is 0 Å². The normalized spacial score (nSPS) is 12.3. The van der Waals surface area contributed by atoms with Gasteiger partial charge in [0.25, 0.3) is 5.91 Å². The lowest BCUT2D eigenvalue weighted by Crippen LogP contribution is -2.53. The van der Waals surface area contributed by atoms with Crippen molar-refractivity contribution in [1.29, 1.82) is 0 Å². The maximum atomic E-state index is 13.6. The number of carbonyl (C=O) groups is 2.